The maximum absolute atomic E-state index is 13.9. The van der Waals surface area contributed by atoms with Gasteiger partial charge in [0.05, 0.1) is 11.1 Å². The lowest BCUT2D eigenvalue weighted by atomic mass is 9.56. The predicted molar refractivity (Wildman–Crippen MR) is 148 cm³/mol. The van der Waals surface area contributed by atoms with Gasteiger partial charge in [-0.05, 0) is 48.2 Å². The van der Waals surface area contributed by atoms with Gasteiger partial charge < -0.3 is 20.2 Å². The third-order valence-electron chi connectivity index (χ3n) is 8.62. The number of carboxylic acids is 1. The number of para-hydroxylation sites is 1. The highest BCUT2D eigenvalue weighted by Gasteiger charge is 2.48. The van der Waals surface area contributed by atoms with Crippen LogP contribution in [0.15, 0.2) is 66.3 Å². The number of benzene rings is 2. The highest BCUT2D eigenvalue weighted by Crippen LogP contribution is 2.56. The molecule has 1 unspecified atom stereocenters. The van der Waals surface area contributed by atoms with E-state index < -0.39 is 5.97 Å². The highest BCUT2D eigenvalue weighted by atomic mass is 16.4. The fourth-order valence-electron chi connectivity index (χ4n) is 6.60. The van der Waals surface area contributed by atoms with E-state index in [1.807, 2.05) is 35.2 Å². The smallest absolute Gasteiger partial charge is 0.335 e. The van der Waals surface area contributed by atoms with Crippen LogP contribution in [0, 0.1) is 10.8 Å². The Morgan fingerprint density at radius 3 is 2.38 bits per heavy atom. The molecule has 0 aromatic heterocycles. The third kappa shape index (κ3) is 4.48. The molecule has 1 amide bonds. The molecule has 6 nitrogen and oxygen atoms in total. The lowest BCUT2D eigenvalue weighted by Crippen LogP contribution is -2.50. The van der Waals surface area contributed by atoms with Gasteiger partial charge in [0.25, 0.3) is 5.91 Å². The van der Waals surface area contributed by atoms with Crippen molar-refractivity contribution in [2.24, 2.45) is 10.8 Å². The molecule has 6 heteroatoms. The molecular formula is C31H37N3O3. The molecule has 0 saturated carbocycles. The maximum atomic E-state index is 13.9. The van der Waals surface area contributed by atoms with Crippen molar-refractivity contribution in [2.75, 3.05) is 44.2 Å². The van der Waals surface area contributed by atoms with Gasteiger partial charge in [-0.3, -0.25) is 4.79 Å². The Balaban J connectivity index is 1.44. The first-order valence-electron chi connectivity index (χ1n) is 13.4. The zero-order valence-corrected chi connectivity index (χ0v) is 22.1. The fraction of sp³-hybridized carbons (Fsp3) is 0.419. The lowest BCUT2D eigenvalue weighted by molar-refractivity contribution is 0.0658. The zero-order valence-electron chi connectivity index (χ0n) is 22.1. The molecule has 2 heterocycles. The first-order valence-corrected chi connectivity index (χ1v) is 13.4. The maximum Gasteiger partial charge on any atom is 0.335 e. The van der Waals surface area contributed by atoms with Crippen molar-refractivity contribution in [3.05, 3.63) is 82.9 Å². The number of carbonyl (C=O) groups excluding carboxylic acids is 1. The molecule has 2 aromatic carbocycles. The van der Waals surface area contributed by atoms with Crippen molar-refractivity contribution in [3.8, 4) is 0 Å². The van der Waals surface area contributed by atoms with Crippen molar-refractivity contribution in [2.45, 2.75) is 33.6 Å². The van der Waals surface area contributed by atoms with E-state index in [0.717, 1.165) is 55.8 Å². The van der Waals surface area contributed by atoms with Crippen LogP contribution >= 0.6 is 0 Å². The van der Waals surface area contributed by atoms with Crippen LogP contribution < -0.4 is 10.2 Å². The summed E-state index contributed by atoms with van der Waals surface area (Å²) in [5.74, 6) is -0.805. The van der Waals surface area contributed by atoms with Crippen molar-refractivity contribution >= 4 is 23.1 Å². The second-order valence-corrected chi connectivity index (χ2v) is 11.0. The summed E-state index contributed by atoms with van der Waals surface area (Å²) in [6.07, 6.45) is 6.42. The number of rotatable bonds is 5. The number of hydrogen-bond acceptors (Lipinski definition) is 4. The minimum atomic E-state index is -0.910. The summed E-state index contributed by atoms with van der Waals surface area (Å²) in [5, 5.41) is 12.7. The molecule has 194 valence electrons. The van der Waals surface area contributed by atoms with Crippen LogP contribution in [-0.4, -0.2) is 61.2 Å². The SMILES string of the molecule is CCC12CC=C(c3ccc(C(=O)O)cc3)C(C)(C)C1=CCN(C(=O)c1ccccc1N1CCNCC1)C2. The predicted octanol–water partition coefficient (Wildman–Crippen LogP) is 5.09. The number of anilines is 1. The molecule has 1 fully saturated rings. The number of nitrogens with one attached hydrogen (secondary N) is 1. The van der Waals surface area contributed by atoms with Crippen LogP contribution in [0.1, 0.15) is 59.9 Å². The molecule has 1 atom stereocenters. The van der Waals surface area contributed by atoms with Crippen molar-refractivity contribution in [1.82, 2.24) is 10.2 Å². The second-order valence-electron chi connectivity index (χ2n) is 11.0. The molecule has 3 aliphatic rings. The molecule has 0 spiro atoms. The van der Waals surface area contributed by atoms with Crippen LogP contribution in [0.2, 0.25) is 0 Å². The van der Waals surface area contributed by atoms with E-state index in [4.69, 9.17) is 0 Å². The van der Waals surface area contributed by atoms with Gasteiger partial charge in [-0.2, -0.15) is 0 Å². The molecular weight excluding hydrogens is 462 g/mol. The van der Waals surface area contributed by atoms with E-state index in [2.05, 4.69) is 49.2 Å². The number of allylic oxidation sites excluding steroid dienone is 2. The third-order valence-corrected chi connectivity index (χ3v) is 8.62. The number of aromatic carboxylic acids is 1. The van der Waals surface area contributed by atoms with E-state index in [0.29, 0.717) is 18.7 Å². The van der Waals surface area contributed by atoms with Crippen molar-refractivity contribution in [3.63, 3.8) is 0 Å². The minimum Gasteiger partial charge on any atom is -0.478 e. The fourth-order valence-corrected chi connectivity index (χ4v) is 6.60. The summed E-state index contributed by atoms with van der Waals surface area (Å²) in [6, 6.07) is 15.2. The average Bonchev–Trinajstić information content (AvgIpc) is 2.93. The topological polar surface area (TPSA) is 72.9 Å². The van der Waals surface area contributed by atoms with Gasteiger partial charge in [-0.15, -0.1) is 0 Å². The summed E-state index contributed by atoms with van der Waals surface area (Å²) in [7, 11) is 0. The van der Waals surface area contributed by atoms with Gasteiger partial charge >= 0.3 is 5.97 Å². The minimum absolute atomic E-state index is 0.105. The Kier molecular flexibility index (Phi) is 6.71. The van der Waals surface area contributed by atoms with E-state index in [1.165, 1.54) is 11.1 Å². The van der Waals surface area contributed by atoms with Crippen LogP contribution in [0.3, 0.4) is 0 Å². The molecule has 1 saturated heterocycles. The van der Waals surface area contributed by atoms with Crippen LogP contribution in [0.25, 0.3) is 5.57 Å². The summed E-state index contributed by atoms with van der Waals surface area (Å²) in [4.78, 5) is 29.6. The molecule has 2 aliphatic heterocycles. The van der Waals surface area contributed by atoms with Gasteiger partial charge in [0.15, 0.2) is 0 Å². The highest BCUT2D eigenvalue weighted by molar-refractivity contribution is 6.00. The number of nitrogens with zero attached hydrogens (tertiary/aromatic N) is 2. The Bertz CT molecular complexity index is 1250. The van der Waals surface area contributed by atoms with Gasteiger partial charge in [-0.25, -0.2) is 4.79 Å². The summed E-state index contributed by atoms with van der Waals surface area (Å²) >= 11 is 0. The Hall–Kier alpha value is -3.38. The monoisotopic (exact) mass is 499 g/mol. The molecule has 0 bridgehead atoms. The standard InChI is InChI=1S/C31H37N3O3/c1-4-31-15-13-25(22-9-11-23(12-10-22)29(36)37)30(2,3)27(31)14-18-34(21-31)28(35)24-7-5-6-8-26(24)33-19-16-32-17-20-33/h5-14,32H,4,15-21H2,1-3H3,(H,36,37). The second kappa shape index (κ2) is 9.82. The van der Waals surface area contributed by atoms with Crippen LogP contribution in [-0.2, 0) is 0 Å². The van der Waals surface area contributed by atoms with Gasteiger partial charge in [0.2, 0.25) is 0 Å². The van der Waals surface area contributed by atoms with E-state index in [1.54, 1.807) is 12.1 Å². The Labute approximate surface area is 219 Å². The van der Waals surface area contributed by atoms with Gasteiger partial charge in [0.1, 0.15) is 0 Å². The zero-order chi connectivity index (χ0) is 26.2. The largest absolute Gasteiger partial charge is 0.478 e. The number of carbonyl (C=O) groups is 2. The number of piperazine rings is 1. The summed E-state index contributed by atoms with van der Waals surface area (Å²) in [6.45, 7) is 11.7. The number of hydrogen-bond donors (Lipinski definition) is 2. The van der Waals surface area contributed by atoms with Gasteiger partial charge in [-0.1, -0.05) is 62.8 Å². The molecule has 1 aliphatic carbocycles. The van der Waals surface area contributed by atoms with E-state index >= 15 is 0 Å². The first kappa shape index (κ1) is 25.3. The Morgan fingerprint density at radius 1 is 1.00 bits per heavy atom. The van der Waals surface area contributed by atoms with E-state index in [-0.39, 0.29) is 16.7 Å². The molecule has 2 N–H and O–H groups in total. The Morgan fingerprint density at radius 2 is 1.70 bits per heavy atom. The average molecular weight is 500 g/mol. The molecule has 5 rings (SSSR count). The quantitative estimate of drug-likeness (QED) is 0.561. The van der Waals surface area contributed by atoms with Crippen molar-refractivity contribution in [1.29, 1.82) is 0 Å². The number of carboxylic acid groups (broad SMARTS) is 1. The normalized spacial score (nSPS) is 23.1. The number of amides is 1. The molecule has 37 heavy (non-hydrogen) atoms. The number of fused-ring (bicyclic) bond motifs is 1. The van der Waals surface area contributed by atoms with Crippen molar-refractivity contribution < 1.29 is 14.7 Å². The van der Waals surface area contributed by atoms with Crippen LogP contribution in [0.4, 0.5) is 5.69 Å². The van der Waals surface area contributed by atoms with E-state index in [9.17, 15) is 14.7 Å². The molecule has 0 radical (unpaired) electrons. The van der Waals surface area contributed by atoms with Gasteiger partial charge in [0, 0.05) is 55.8 Å². The van der Waals surface area contributed by atoms with Crippen LogP contribution in [0.5, 0.6) is 0 Å². The molecule has 2 aromatic rings. The lowest BCUT2D eigenvalue weighted by Gasteiger charge is -2.52. The first-order chi connectivity index (χ1) is 17.8. The summed E-state index contributed by atoms with van der Waals surface area (Å²) in [5.41, 5.74) is 5.48. The summed E-state index contributed by atoms with van der Waals surface area (Å²) < 4.78 is 0.